The van der Waals surface area contributed by atoms with Crippen molar-refractivity contribution in [3.63, 3.8) is 0 Å². The van der Waals surface area contributed by atoms with Gasteiger partial charge in [-0.1, -0.05) is 13.8 Å². The Balaban J connectivity index is 2.64. The summed E-state index contributed by atoms with van der Waals surface area (Å²) in [5.41, 5.74) is 5.73. The zero-order chi connectivity index (χ0) is 11.4. The molecular weight excluding hydrogens is 192 g/mol. The molecule has 0 spiro atoms. The number of hydrogen-bond acceptors (Lipinski definition) is 2. The molecular formula is C11H16N2O2. The van der Waals surface area contributed by atoms with E-state index < -0.39 is 0 Å². The molecule has 0 bridgehead atoms. The second-order valence-corrected chi connectivity index (χ2v) is 3.87. The van der Waals surface area contributed by atoms with Crippen LogP contribution in [0.25, 0.3) is 0 Å². The number of carbonyl (C=O) groups excluding carboxylic acids is 2. The molecule has 2 N–H and O–H groups in total. The van der Waals surface area contributed by atoms with Crippen LogP contribution in [0.4, 0.5) is 0 Å². The molecule has 0 aliphatic heterocycles. The van der Waals surface area contributed by atoms with Crippen molar-refractivity contribution in [2.45, 2.75) is 26.8 Å². The van der Waals surface area contributed by atoms with E-state index in [1.165, 1.54) is 0 Å². The lowest BCUT2D eigenvalue weighted by molar-refractivity contribution is -0.118. The molecule has 0 aromatic carbocycles. The SMILES string of the molecule is CC(C)C(=O)c1ccn(CCC(N)=O)c1. The van der Waals surface area contributed by atoms with Gasteiger partial charge in [0.1, 0.15) is 0 Å². The predicted molar refractivity (Wildman–Crippen MR) is 57.4 cm³/mol. The molecule has 0 saturated heterocycles. The zero-order valence-corrected chi connectivity index (χ0v) is 9.06. The highest BCUT2D eigenvalue weighted by Crippen LogP contribution is 2.09. The fourth-order valence-corrected chi connectivity index (χ4v) is 1.30. The standard InChI is InChI=1S/C11H16N2O2/c1-8(2)11(15)9-3-5-13(7-9)6-4-10(12)14/h3,5,7-8H,4,6H2,1-2H3,(H2,12,14). The van der Waals surface area contributed by atoms with E-state index in [0.717, 1.165) is 0 Å². The minimum Gasteiger partial charge on any atom is -0.370 e. The van der Waals surface area contributed by atoms with Gasteiger partial charge in [-0.15, -0.1) is 0 Å². The smallest absolute Gasteiger partial charge is 0.219 e. The highest BCUT2D eigenvalue weighted by molar-refractivity contribution is 5.97. The predicted octanol–water partition coefficient (Wildman–Crippen LogP) is 1.20. The van der Waals surface area contributed by atoms with Crippen molar-refractivity contribution in [1.29, 1.82) is 0 Å². The Morgan fingerprint density at radius 2 is 2.13 bits per heavy atom. The molecule has 1 aromatic rings. The van der Waals surface area contributed by atoms with E-state index in [1.807, 2.05) is 13.8 Å². The number of ketones is 1. The quantitative estimate of drug-likeness (QED) is 0.739. The number of aryl methyl sites for hydroxylation is 1. The van der Waals surface area contributed by atoms with Crippen LogP contribution in [0.5, 0.6) is 0 Å². The lowest BCUT2D eigenvalue weighted by atomic mass is 10.0. The number of carbonyl (C=O) groups is 2. The molecule has 1 heterocycles. The summed E-state index contributed by atoms with van der Waals surface area (Å²) in [6.45, 7) is 4.26. The van der Waals surface area contributed by atoms with Crippen LogP contribution in [0.2, 0.25) is 0 Å². The molecule has 0 unspecified atom stereocenters. The number of hydrogen-bond donors (Lipinski definition) is 1. The Bertz CT molecular complexity index is 366. The first kappa shape index (κ1) is 11.5. The van der Waals surface area contributed by atoms with Gasteiger partial charge >= 0.3 is 0 Å². The zero-order valence-electron chi connectivity index (χ0n) is 9.06. The first-order valence-corrected chi connectivity index (χ1v) is 4.99. The largest absolute Gasteiger partial charge is 0.370 e. The molecule has 0 aliphatic rings. The molecule has 82 valence electrons. The Kier molecular flexibility index (Phi) is 3.66. The van der Waals surface area contributed by atoms with Crippen LogP contribution < -0.4 is 5.73 Å². The Morgan fingerprint density at radius 1 is 1.47 bits per heavy atom. The number of rotatable bonds is 5. The third-order valence-corrected chi connectivity index (χ3v) is 2.18. The molecule has 0 fully saturated rings. The second kappa shape index (κ2) is 4.77. The van der Waals surface area contributed by atoms with Gasteiger partial charge in [-0.2, -0.15) is 0 Å². The van der Waals surface area contributed by atoms with E-state index in [-0.39, 0.29) is 17.6 Å². The van der Waals surface area contributed by atoms with Crippen molar-refractivity contribution >= 4 is 11.7 Å². The van der Waals surface area contributed by atoms with Crippen LogP contribution in [-0.4, -0.2) is 16.3 Å². The molecule has 0 saturated carbocycles. The lowest BCUT2D eigenvalue weighted by Crippen LogP contribution is -2.13. The minimum absolute atomic E-state index is 0.00279. The molecule has 4 heteroatoms. The Hall–Kier alpha value is -1.58. The number of primary amides is 1. The van der Waals surface area contributed by atoms with Gasteiger partial charge in [-0.05, 0) is 6.07 Å². The molecule has 4 nitrogen and oxygen atoms in total. The van der Waals surface area contributed by atoms with E-state index in [1.54, 1.807) is 23.0 Å². The number of amides is 1. The van der Waals surface area contributed by atoms with Gasteiger partial charge in [0.15, 0.2) is 5.78 Å². The van der Waals surface area contributed by atoms with Crippen LogP contribution >= 0.6 is 0 Å². The molecule has 0 atom stereocenters. The van der Waals surface area contributed by atoms with E-state index in [0.29, 0.717) is 18.5 Å². The van der Waals surface area contributed by atoms with E-state index in [2.05, 4.69) is 0 Å². The molecule has 0 aliphatic carbocycles. The summed E-state index contributed by atoms with van der Waals surface area (Å²) in [6.07, 6.45) is 3.84. The summed E-state index contributed by atoms with van der Waals surface area (Å²) in [4.78, 5) is 22.2. The van der Waals surface area contributed by atoms with E-state index in [4.69, 9.17) is 5.73 Å². The Labute approximate surface area is 89.1 Å². The topological polar surface area (TPSA) is 65.1 Å². The first-order valence-electron chi connectivity index (χ1n) is 4.99. The van der Waals surface area contributed by atoms with Gasteiger partial charge in [0.25, 0.3) is 0 Å². The highest BCUT2D eigenvalue weighted by Gasteiger charge is 2.11. The fourth-order valence-electron chi connectivity index (χ4n) is 1.30. The number of Topliss-reactive ketones (excluding diaryl/α,β-unsaturated/α-hetero) is 1. The maximum Gasteiger partial charge on any atom is 0.219 e. The monoisotopic (exact) mass is 208 g/mol. The summed E-state index contributed by atoms with van der Waals surface area (Å²) >= 11 is 0. The summed E-state index contributed by atoms with van der Waals surface area (Å²) in [7, 11) is 0. The number of nitrogens with zero attached hydrogens (tertiary/aromatic N) is 1. The van der Waals surface area contributed by atoms with Gasteiger partial charge in [0, 0.05) is 36.8 Å². The van der Waals surface area contributed by atoms with Crippen LogP contribution in [-0.2, 0) is 11.3 Å². The fraction of sp³-hybridized carbons (Fsp3) is 0.455. The molecule has 1 rings (SSSR count). The van der Waals surface area contributed by atoms with Crippen LogP contribution in [0.3, 0.4) is 0 Å². The van der Waals surface area contributed by atoms with Crippen molar-refractivity contribution in [2.24, 2.45) is 11.7 Å². The molecule has 1 aromatic heterocycles. The summed E-state index contributed by atoms with van der Waals surface area (Å²) in [6, 6.07) is 1.77. The van der Waals surface area contributed by atoms with Crippen LogP contribution in [0.1, 0.15) is 30.6 Å². The van der Waals surface area contributed by atoms with Crippen LogP contribution in [0, 0.1) is 5.92 Å². The molecule has 15 heavy (non-hydrogen) atoms. The third-order valence-electron chi connectivity index (χ3n) is 2.18. The van der Waals surface area contributed by atoms with E-state index in [9.17, 15) is 9.59 Å². The second-order valence-electron chi connectivity index (χ2n) is 3.87. The van der Waals surface area contributed by atoms with Crippen molar-refractivity contribution in [3.05, 3.63) is 24.0 Å². The molecule has 1 amide bonds. The van der Waals surface area contributed by atoms with Crippen molar-refractivity contribution in [2.75, 3.05) is 0 Å². The Morgan fingerprint density at radius 3 is 2.67 bits per heavy atom. The van der Waals surface area contributed by atoms with Crippen molar-refractivity contribution in [1.82, 2.24) is 4.57 Å². The van der Waals surface area contributed by atoms with Gasteiger partial charge in [-0.3, -0.25) is 9.59 Å². The van der Waals surface area contributed by atoms with Crippen molar-refractivity contribution in [3.8, 4) is 0 Å². The average Bonchev–Trinajstić information content (AvgIpc) is 2.61. The lowest BCUT2D eigenvalue weighted by Gasteiger charge is -2.01. The van der Waals surface area contributed by atoms with Gasteiger partial charge in [0.05, 0.1) is 0 Å². The summed E-state index contributed by atoms with van der Waals surface area (Å²) < 4.78 is 1.81. The number of nitrogens with two attached hydrogens (primary N) is 1. The van der Waals surface area contributed by atoms with Gasteiger partial charge in [0.2, 0.25) is 5.91 Å². The normalized spacial score (nSPS) is 10.6. The maximum absolute atomic E-state index is 11.6. The third kappa shape index (κ3) is 3.23. The summed E-state index contributed by atoms with van der Waals surface area (Å²) in [5.74, 6) is -0.217. The first-order chi connectivity index (χ1) is 7.00. The van der Waals surface area contributed by atoms with Gasteiger partial charge in [-0.25, -0.2) is 0 Å². The maximum atomic E-state index is 11.6. The highest BCUT2D eigenvalue weighted by atomic mass is 16.1. The molecule has 0 radical (unpaired) electrons. The average molecular weight is 208 g/mol. The minimum atomic E-state index is -0.333. The van der Waals surface area contributed by atoms with E-state index >= 15 is 0 Å². The van der Waals surface area contributed by atoms with Crippen molar-refractivity contribution < 1.29 is 9.59 Å². The van der Waals surface area contributed by atoms with Gasteiger partial charge < -0.3 is 10.3 Å². The number of aromatic nitrogens is 1. The summed E-state index contributed by atoms with van der Waals surface area (Å²) in [5, 5.41) is 0. The van der Waals surface area contributed by atoms with Crippen LogP contribution in [0.15, 0.2) is 18.5 Å².